The predicted molar refractivity (Wildman–Crippen MR) is 116 cm³/mol. The summed E-state index contributed by atoms with van der Waals surface area (Å²) in [5.41, 5.74) is -0.556. The summed E-state index contributed by atoms with van der Waals surface area (Å²) < 4.78 is 44.9. The van der Waals surface area contributed by atoms with Crippen LogP contribution in [-0.4, -0.2) is 50.2 Å². The molecule has 2 N–H and O–H groups in total. The zero-order valence-corrected chi connectivity index (χ0v) is 19.3. The third kappa shape index (κ3) is 6.40. The molecule has 0 aromatic heterocycles. The molecule has 28 heavy (non-hydrogen) atoms. The van der Waals surface area contributed by atoms with E-state index >= 15 is 0 Å². The van der Waals surface area contributed by atoms with Crippen molar-refractivity contribution in [1.29, 1.82) is 0 Å². The predicted octanol–water partition coefficient (Wildman–Crippen LogP) is 3.73. The molecule has 1 fully saturated rings. The second-order valence-electron chi connectivity index (χ2n) is 7.22. The Morgan fingerprint density at radius 3 is 2.50 bits per heavy atom. The maximum atomic E-state index is 13.3. The van der Waals surface area contributed by atoms with Crippen molar-refractivity contribution >= 4 is 29.9 Å². The minimum absolute atomic E-state index is 0. The Hall–Kier alpha value is -1.23. The Morgan fingerprint density at radius 1 is 1.32 bits per heavy atom. The van der Waals surface area contributed by atoms with Gasteiger partial charge < -0.3 is 15.4 Å². The molecule has 1 aromatic rings. The molecule has 0 saturated carbocycles. The van der Waals surface area contributed by atoms with Crippen LogP contribution in [0, 0.1) is 5.92 Å². The molecule has 0 spiro atoms. The molecule has 160 valence electrons. The lowest BCUT2D eigenvalue weighted by Gasteiger charge is -2.22. The average molecular weight is 514 g/mol. The molecule has 2 atom stereocenters. The lowest BCUT2D eigenvalue weighted by molar-refractivity contribution is -0.138. The topological polar surface area (TPSA) is 48.9 Å². The van der Waals surface area contributed by atoms with Crippen molar-refractivity contribution < 1.29 is 17.9 Å². The molecule has 1 aliphatic heterocycles. The Kier molecular flexibility index (Phi) is 9.32. The second kappa shape index (κ2) is 10.5. The van der Waals surface area contributed by atoms with E-state index in [0.717, 1.165) is 19.2 Å². The van der Waals surface area contributed by atoms with Gasteiger partial charge in [0.25, 0.3) is 0 Å². The fraction of sp³-hybridized carbons (Fsp3) is 0.632. The number of rotatable bonds is 5. The highest BCUT2D eigenvalue weighted by atomic mass is 127. The van der Waals surface area contributed by atoms with Gasteiger partial charge in [0.2, 0.25) is 0 Å². The number of guanidine groups is 1. The van der Waals surface area contributed by atoms with Gasteiger partial charge in [-0.2, -0.15) is 13.2 Å². The number of halogens is 4. The highest BCUT2D eigenvalue weighted by Crippen LogP contribution is 2.34. The highest BCUT2D eigenvalue weighted by molar-refractivity contribution is 14.0. The summed E-state index contributed by atoms with van der Waals surface area (Å²) in [6.45, 7) is 8.37. The molecular formula is C19H30F3IN4O. The first-order chi connectivity index (χ1) is 12.7. The molecule has 2 unspecified atom stereocenters. The van der Waals surface area contributed by atoms with Crippen molar-refractivity contribution in [3.05, 3.63) is 29.3 Å². The third-order valence-corrected chi connectivity index (χ3v) is 4.99. The molecular weight excluding hydrogens is 484 g/mol. The van der Waals surface area contributed by atoms with Gasteiger partial charge in [-0.3, -0.25) is 9.89 Å². The number of hydrogen-bond donors (Lipinski definition) is 2. The van der Waals surface area contributed by atoms with Crippen LogP contribution in [0.25, 0.3) is 0 Å². The molecule has 1 heterocycles. The number of alkyl halides is 3. The summed E-state index contributed by atoms with van der Waals surface area (Å²) in [6, 6.07) is 4.65. The molecule has 2 rings (SSSR count). The number of ether oxygens (including phenoxy) is 1. The summed E-state index contributed by atoms with van der Waals surface area (Å²) in [4.78, 5) is 6.54. The first kappa shape index (κ1) is 24.8. The maximum Gasteiger partial charge on any atom is 0.416 e. The number of nitrogens with one attached hydrogen (secondary N) is 2. The van der Waals surface area contributed by atoms with E-state index in [1.807, 2.05) is 0 Å². The van der Waals surface area contributed by atoms with Crippen LogP contribution in [-0.2, 0) is 12.7 Å². The summed E-state index contributed by atoms with van der Waals surface area (Å²) in [5, 5.41) is 6.35. The van der Waals surface area contributed by atoms with Crippen molar-refractivity contribution in [3.63, 3.8) is 0 Å². The number of likely N-dealkylation sites (tertiary alicyclic amines) is 1. The van der Waals surface area contributed by atoms with Gasteiger partial charge in [-0.1, -0.05) is 13.0 Å². The Morgan fingerprint density at radius 2 is 2.00 bits per heavy atom. The monoisotopic (exact) mass is 514 g/mol. The van der Waals surface area contributed by atoms with Gasteiger partial charge in [0.1, 0.15) is 5.75 Å². The molecule has 0 radical (unpaired) electrons. The van der Waals surface area contributed by atoms with E-state index in [1.54, 1.807) is 7.05 Å². The zero-order chi connectivity index (χ0) is 20.2. The second-order valence-corrected chi connectivity index (χ2v) is 7.22. The van der Waals surface area contributed by atoms with Gasteiger partial charge in [0.15, 0.2) is 5.96 Å². The van der Waals surface area contributed by atoms with E-state index < -0.39 is 11.7 Å². The van der Waals surface area contributed by atoms with Crippen molar-refractivity contribution in [3.8, 4) is 5.75 Å². The number of benzene rings is 1. The average Bonchev–Trinajstić information content (AvgIpc) is 2.98. The largest absolute Gasteiger partial charge is 0.497 e. The van der Waals surface area contributed by atoms with Crippen LogP contribution in [0.15, 0.2) is 23.2 Å². The standard InChI is InChI=1S/C19H29F3N4O.HI/c1-12(2)26-10-13(3)17(11-26)25-18(23-4)24-9-14-6-7-15(27-5)8-16(14)19(20,21)22;/h6-8,12-13,17H,9-11H2,1-5H3,(H2,23,24,25);1H. The van der Waals surface area contributed by atoms with Crippen LogP contribution in [0.3, 0.4) is 0 Å². The van der Waals surface area contributed by atoms with Crippen LogP contribution in [0.4, 0.5) is 13.2 Å². The van der Waals surface area contributed by atoms with Gasteiger partial charge in [-0.05, 0) is 37.5 Å². The van der Waals surface area contributed by atoms with Gasteiger partial charge >= 0.3 is 6.18 Å². The van der Waals surface area contributed by atoms with Crippen LogP contribution in [0.1, 0.15) is 31.9 Å². The molecule has 0 aliphatic carbocycles. The van der Waals surface area contributed by atoms with Crippen LogP contribution < -0.4 is 15.4 Å². The van der Waals surface area contributed by atoms with E-state index in [-0.39, 0.29) is 47.9 Å². The Bertz CT molecular complexity index is 667. The van der Waals surface area contributed by atoms with Crippen molar-refractivity contribution in [2.75, 3.05) is 27.2 Å². The number of hydrogen-bond acceptors (Lipinski definition) is 3. The minimum atomic E-state index is -4.44. The fourth-order valence-electron chi connectivity index (χ4n) is 3.26. The summed E-state index contributed by atoms with van der Waals surface area (Å²) in [7, 11) is 2.97. The number of nitrogens with zero attached hydrogens (tertiary/aromatic N) is 2. The normalized spacial score (nSPS) is 20.8. The van der Waals surface area contributed by atoms with E-state index in [2.05, 4.69) is 41.3 Å². The van der Waals surface area contributed by atoms with Crippen molar-refractivity contribution in [1.82, 2.24) is 15.5 Å². The molecule has 1 saturated heterocycles. The first-order valence-electron chi connectivity index (χ1n) is 9.11. The fourth-order valence-corrected chi connectivity index (χ4v) is 3.26. The van der Waals surface area contributed by atoms with E-state index in [4.69, 9.17) is 4.74 Å². The number of methoxy groups -OCH3 is 1. The summed E-state index contributed by atoms with van der Waals surface area (Å²) >= 11 is 0. The van der Waals surface area contributed by atoms with Crippen molar-refractivity contribution in [2.24, 2.45) is 10.9 Å². The van der Waals surface area contributed by atoms with Crippen molar-refractivity contribution in [2.45, 2.75) is 45.6 Å². The van der Waals surface area contributed by atoms with Gasteiger partial charge in [-0.25, -0.2) is 0 Å². The minimum Gasteiger partial charge on any atom is -0.497 e. The van der Waals surface area contributed by atoms with E-state index in [9.17, 15) is 13.2 Å². The van der Waals surface area contributed by atoms with E-state index in [1.165, 1.54) is 19.2 Å². The summed E-state index contributed by atoms with van der Waals surface area (Å²) in [6.07, 6.45) is -4.44. The summed E-state index contributed by atoms with van der Waals surface area (Å²) in [5.74, 6) is 1.11. The molecule has 1 aliphatic rings. The van der Waals surface area contributed by atoms with Crippen LogP contribution in [0.5, 0.6) is 5.75 Å². The van der Waals surface area contributed by atoms with E-state index in [0.29, 0.717) is 17.9 Å². The van der Waals surface area contributed by atoms with Crippen LogP contribution >= 0.6 is 24.0 Å². The highest BCUT2D eigenvalue weighted by Gasteiger charge is 2.34. The molecule has 1 aromatic carbocycles. The zero-order valence-electron chi connectivity index (χ0n) is 16.9. The lowest BCUT2D eigenvalue weighted by atomic mass is 10.1. The Labute approximate surface area is 182 Å². The smallest absolute Gasteiger partial charge is 0.416 e. The number of aliphatic imine (C=N–C) groups is 1. The molecule has 5 nitrogen and oxygen atoms in total. The van der Waals surface area contributed by atoms with Gasteiger partial charge in [0, 0.05) is 38.8 Å². The van der Waals surface area contributed by atoms with Gasteiger partial charge in [0.05, 0.1) is 12.7 Å². The first-order valence-corrected chi connectivity index (χ1v) is 9.11. The van der Waals surface area contributed by atoms with Crippen LogP contribution in [0.2, 0.25) is 0 Å². The Balaban J connectivity index is 0.00000392. The van der Waals surface area contributed by atoms with Gasteiger partial charge in [-0.15, -0.1) is 24.0 Å². The molecule has 9 heteroatoms. The maximum absolute atomic E-state index is 13.3. The molecule has 0 bridgehead atoms. The quantitative estimate of drug-likeness (QED) is 0.358. The SMILES string of the molecule is CN=C(NCc1ccc(OC)cc1C(F)(F)F)NC1CN(C(C)C)CC1C.I. The lowest BCUT2D eigenvalue weighted by Crippen LogP contribution is -2.46. The third-order valence-electron chi connectivity index (χ3n) is 4.99. The molecule has 0 amide bonds.